The Morgan fingerprint density at radius 3 is 2.83 bits per heavy atom. The van der Waals surface area contributed by atoms with Crippen molar-refractivity contribution in [2.75, 3.05) is 7.05 Å². The molecule has 4 heteroatoms. The van der Waals surface area contributed by atoms with E-state index in [1.54, 1.807) is 6.07 Å². The second-order valence-corrected chi connectivity index (χ2v) is 2.56. The summed E-state index contributed by atoms with van der Waals surface area (Å²) >= 11 is 0. The van der Waals surface area contributed by atoms with Crippen molar-refractivity contribution in [3.8, 4) is 0 Å². The number of benzene rings is 1. The van der Waals surface area contributed by atoms with Gasteiger partial charge in [-0.3, -0.25) is 4.79 Å². The van der Waals surface area contributed by atoms with Crippen molar-refractivity contribution in [1.29, 1.82) is 0 Å². The summed E-state index contributed by atoms with van der Waals surface area (Å²) in [5.41, 5.74) is 0.965. The Balaban J connectivity index is 3.13. The van der Waals surface area contributed by atoms with Crippen LogP contribution in [0.4, 0.5) is 4.39 Å². The zero-order valence-corrected chi connectivity index (χ0v) is 7.02. The first-order valence-corrected chi connectivity index (χ1v) is 3.63. The van der Waals surface area contributed by atoms with Crippen LogP contribution in [0.3, 0.4) is 0 Å². The normalized spacial score (nSPS) is 9.50. The number of carbonyl (C=O) groups excluding carboxylic acids is 1. The molecule has 0 aliphatic rings. The predicted molar refractivity (Wildman–Crippen MR) is 48.0 cm³/mol. The molecule has 0 unspecified atom stereocenters. The Hall–Kier alpha value is -1.32. The van der Waals surface area contributed by atoms with Crippen LogP contribution in [-0.2, 0) is 0 Å². The Bertz CT molecular complexity index is 314. The minimum absolute atomic E-state index is 0.0949. The fourth-order valence-corrected chi connectivity index (χ4v) is 0.948. The highest BCUT2D eigenvalue weighted by molar-refractivity contribution is 6.32. The van der Waals surface area contributed by atoms with E-state index in [1.165, 1.54) is 19.2 Å². The molecule has 0 aromatic heterocycles. The van der Waals surface area contributed by atoms with Crippen LogP contribution in [0, 0.1) is 5.82 Å². The summed E-state index contributed by atoms with van der Waals surface area (Å²) in [6.07, 6.45) is 0. The lowest BCUT2D eigenvalue weighted by molar-refractivity contribution is 0.0959. The van der Waals surface area contributed by atoms with Gasteiger partial charge in [0.1, 0.15) is 13.7 Å². The molecule has 1 aromatic rings. The van der Waals surface area contributed by atoms with E-state index in [2.05, 4.69) is 5.32 Å². The average Bonchev–Trinajstić information content (AvgIpc) is 2.08. The summed E-state index contributed by atoms with van der Waals surface area (Å²) < 4.78 is 12.9. The van der Waals surface area contributed by atoms with Gasteiger partial charge in [-0.1, -0.05) is 17.6 Å². The zero-order valence-electron chi connectivity index (χ0n) is 7.02. The maximum atomic E-state index is 12.9. The van der Waals surface area contributed by atoms with Gasteiger partial charge in [0.05, 0.1) is 5.56 Å². The van der Waals surface area contributed by atoms with Gasteiger partial charge in [-0.15, -0.1) is 0 Å². The number of amides is 1. The number of rotatable bonds is 1. The van der Waals surface area contributed by atoms with Crippen LogP contribution in [0.25, 0.3) is 0 Å². The SMILES string of the molecule is Bc1ccc(F)c(C(=O)NC)c1. The number of hydrogen-bond donors (Lipinski definition) is 1. The fraction of sp³-hybridized carbons (Fsp3) is 0.125. The average molecular weight is 165 g/mol. The van der Waals surface area contributed by atoms with Gasteiger partial charge in [0.2, 0.25) is 0 Å². The summed E-state index contributed by atoms with van der Waals surface area (Å²) in [4.78, 5) is 11.0. The molecule has 0 saturated heterocycles. The summed E-state index contributed by atoms with van der Waals surface area (Å²) in [7, 11) is 3.29. The van der Waals surface area contributed by atoms with E-state index in [0.29, 0.717) is 0 Å². The lowest BCUT2D eigenvalue weighted by Gasteiger charge is -2.01. The van der Waals surface area contributed by atoms with E-state index < -0.39 is 11.7 Å². The van der Waals surface area contributed by atoms with Crippen LogP contribution in [0.2, 0.25) is 0 Å². The molecule has 1 aromatic carbocycles. The van der Waals surface area contributed by atoms with E-state index in [-0.39, 0.29) is 5.56 Å². The minimum Gasteiger partial charge on any atom is -0.355 e. The van der Waals surface area contributed by atoms with E-state index in [1.807, 2.05) is 7.85 Å². The molecule has 0 spiro atoms. The van der Waals surface area contributed by atoms with Crippen molar-refractivity contribution >= 4 is 19.2 Å². The third kappa shape index (κ3) is 1.64. The number of halogens is 1. The van der Waals surface area contributed by atoms with E-state index in [9.17, 15) is 9.18 Å². The largest absolute Gasteiger partial charge is 0.355 e. The maximum Gasteiger partial charge on any atom is 0.253 e. The third-order valence-corrected chi connectivity index (χ3v) is 1.59. The van der Waals surface area contributed by atoms with Crippen molar-refractivity contribution in [3.63, 3.8) is 0 Å². The van der Waals surface area contributed by atoms with Crippen LogP contribution < -0.4 is 10.8 Å². The van der Waals surface area contributed by atoms with Crippen LogP contribution in [-0.4, -0.2) is 20.8 Å². The monoisotopic (exact) mass is 165 g/mol. The molecule has 62 valence electrons. The van der Waals surface area contributed by atoms with Crippen LogP contribution in [0.1, 0.15) is 10.4 Å². The number of nitrogens with one attached hydrogen (secondary N) is 1. The molecule has 2 nitrogen and oxygen atoms in total. The second-order valence-electron chi connectivity index (χ2n) is 2.56. The van der Waals surface area contributed by atoms with Crippen molar-refractivity contribution in [2.45, 2.75) is 0 Å². The van der Waals surface area contributed by atoms with Crippen molar-refractivity contribution in [3.05, 3.63) is 29.6 Å². The molecular formula is C8H9BFNO. The molecule has 0 saturated carbocycles. The van der Waals surface area contributed by atoms with Gasteiger partial charge in [-0.05, 0) is 6.07 Å². The minimum atomic E-state index is -0.486. The van der Waals surface area contributed by atoms with E-state index in [4.69, 9.17) is 0 Å². The molecule has 0 fully saturated rings. The lowest BCUT2D eigenvalue weighted by atomic mass is 9.94. The van der Waals surface area contributed by atoms with Gasteiger partial charge in [0.15, 0.2) is 0 Å². The van der Waals surface area contributed by atoms with Crippen molar-refractivity contribution < 1.29 is 9.18 Å². The highest BCUT2D eigenvalue weighted by Crippen LogP contribution is 2.03. The molecule has 0 aliphatic carbocycles. The summed E-state index contributed by atoms with van der Waals surface area (Å²) in [6, 6.07) is 4.44. The van der Waals surface area contributed by atoms with Crippen LogP contribution in [0.5, 0.6) is 0 Å². The highest BCUT2D eigenvalue weighted by Gasteiger charge is 2.08. The van der Waals surface area contributed by atoms with Gasteiger partial charge >= 0.3 is 0 Å². The molecule has 0 bridgehead atoms. The van der Waals surface area contributed by atoms with Gasteiger partial charge in [-0.2, -0.15) is 0 Å². The molecule has 1 rings (SSSR count). The zero-order chi connectivity index (χ0) is 9.14. The molecule has 1 N–H and O–H groups in total. The third-order valence-electron chi connectivity index (χ3n) is 1.59. The fourth-order valence-electron chi connectivity index (χ4n) is 0.948. The van der Waals surface area contributed by atoms with Crippen LogP contribution in [0.15, 0.2) is 18.2 Å². The Labute approximate surface area is 71.2 Å². The van der Waals surface area contributed by atoms with E-state index in [0.717, 1.165) is 5.46 Å². The van der Waals surface area contributed by atoms with Gasteiger partial charge in [-0.25, -0.2) is 4.39 Å². The second kappa shape index (κ2) is 3.39. The van der Waals surface area contributed by atoms with E-state index >= 15 is 0 Å². The van der Waals surface area contributed by atoms with Crippen LogP contribution >= 0.6 is 0 Å². The molecular weight excluding hydrogens is 156 g/mol. The molecule has 0 radical (unpaired) electrons. The smallest absolute Gasteiger partial charge is 0.253 e. The lowest BCUT2D eigenvalue weighted by Crippen LogP contribution is -2.21. The van der Waals surface area contributed by atoms with Gasteiger partial charge < -0.3 is 5.32 Å². The summed E-state index contributed by atoms with van der Waals surface area (Å²) in [5, 5.41) is 2.37. The Kier molecular flexibility index (Phi) is 2.48. The van der Waals surface area contributed by atoms with Gasteiger partial charge in [0.25, 0.3) is 5.91 Å². The number of carbonyl (C=O) groups is 1. The first kappa shape index (κ1) is 8.78. The first-order valence-electron chi connectivity index (χ1n) is 3.63. The molecule has 0 aliphatic heterocycles. The molecule has 0 heterocycles. The first-order chi connectivity index (χ1) is 5.65. The quantitative estimate of drug-likeness (QED) is 0.555. The van der Waals surface area contributed by atoms with Crippen molar-refractivity contribution in [1.82, 2.24) is 5.32 Å². The number of hydrogen-bond acceptors (Lipinski definition) is 1. The summed E-state index contributed by atoms with van der Waals surface area (Å²) in [5.74, 6) is -0.879. The predicted octanol–water partition coefficient (Wildman–Crippen LogP) is -0.556. The van der Waals surface area contributed by atoms with Crippen molar-refractivity contribution in [2.24, 2.45) is 0 Å². The molecule has 1 amide bonds. The molecule has 0 atom stereocenters. The Morgan fingerprint density at radius 1 is 1.58 bits per heavy atom. The summed E-state index contributed by atoms with van der Waals surface area (Å²) in [6.45, 7) is 0. The molecule has 12 heavy (non-hydrogen) atoms. The van der Waals surface area contributed by atoms with Gasteiger partial charge in [0, 0.05) is 7.05 Å². The standard InChI is InChI=1S/C8H9BFNO/c1-11-8(12)6-4-5(9)2-3-7(6)10/h2-4H,9H2,1H3,(H,11,12). The highest BCUT2D eigenvalue weighted by atomic mass is 19.1. The topological polar surface area (TPSA) is 29.1 Å². The maximum absolute atomic E-state index is 12.9. The Morgan fingerprint density at radius 2 is 2.25 bits per heavy atom.